The molecule has 0 saturated heterocycles. The number of aromatic nitrogens is 4. The molecule has 13 heteroatoms. The van der Waals surface area contributed by atoms with E-state index < -0.39 is 14.8 Å². The molecule has 6 nitrogen and oxygen atoms in total. The second-order valence-corrected chi connectivity index (χ2v) is 24.6. The van der Waals surface area contributed by atoms with Gasteiger partial charge in [0.15, 0.2) is 14.8 Å². The third-order valence-electron chi connectivity index (χ3n) is 7.63. The van der Waals surface area contributed by atoms with Crippen LogP contribution in [0.2, 0.25) is 22.2 Å². The van der Waals surface area contributed by atoms with Crippen LogP contribution in [0.1, 0.15) is 55.4 Å². The number of hydrogen-bond donors (Lipinski definition) is 0. The summed E-state index contributed by atoms with van der Waals surface area (Å²) < 4.78 is 0. The van der Waals surface area contributed by atoms with E-state index in [1.54, 1.807) is 12.4 Å². The Balaban J connectivity index is 0.000000757. The molecule has 250 valence electrons. The van der Waals surface area contributed by atoms with Gasteiger partial charge in [0.2, 0.25) is 0 Å². The first-order chi connectivity index (χ1) is 21.7. The second-order valence-electron chi connectivity index (χ2n) is 11.6. The molecule has 0 fully saturated rings. The fourth-order valence-corrected chi connectivity index (χ4v) is 12.4. The van der Waals surface area contributed by atoms with Crippen LogP contribution in [-0.2, 0) is 44.7 Å². The molecule has 4 rings (SSSR count). The Kier molecular flexibility index (Phi) is 21.2. The average molecular weight is 827 g/mol. The first kappa shape index (κ1) is 44.7. The third-order valence-corrected chi connectivity index (χ3v) is 23.3. The Hall–Kier alpha value is -2.34. The summed E-state index contributed by atoms with van der Waals surface area (Å²) in [6.07, 6.45) is 7.47. The molecule has 4 aromatic heterocycles. The number of nitrogens with zero attached hydrogens (tertiary/aromatic N) is 6. The zero-order chi connectivity index (χ0) is 34.9. The summed E-state index contributed by atoms with van der Waals surface area (Å²) in [5.41, 5.74) is 5.51. The van der Waals surface area contributed by atoms with Crippen LogP contribution in [-0.4, -0.2) is 34.7 Å². The van der Waals surface area contributed by atoms with E-state index in [0.29, 0.717) is 22.2 Å². The molecule has 0 atom stereocenters. The van der Waals surface area contributed by atoms with Crippen molar-refractivity contribution in [3.63, 3.8) is 0 Å². The summed E-state index contributed by atoms with van der Waals surface area (Å²) in [4.78, 5) is 17.8. The Labute approximate surface area is 316 Å². The van der Waals surface area contributed by atoms with Gasteiger partial charge in [-0.2, -0.15) is 22.2 Å². The molecule has 0 aliphatic heterocycles. The standard InChI is InChI=1S/2C16H21ClN2Si.2CHNS.Ru/c2*1-12(2)20(17,13(3)4)14-8-9-16(19-11-14)15-7-5-6-10-18-15;2*2-1-3;/h2*5-13H,1-4H3;2*3H;/q;;;;+2/p-2. The van der Waals surface area contributed by atoms with Gasteiger partial charge in [-0.1, -0.05) is 90.5 Å². The van der Waals surface area contributed by atoms with E-state index in [0.717, 1.165) is 22.8 Å². The molecule has 0 bridgehead atoms. The minimum absolute atomic E-state index is 0. The smallest absolute Gasteiger partial charge is 0.696 e. The number of nitriles is 2. The molecular formula is C34H42Cl2N6RuS2Si2. The summed E-state index contributed by atoms with van der Waals surface area (Å²) in [5, 5.41) is 19.4. The summed E-state index contributed by atoms with van der Waals surface area (Å²) >= 11 is 21.4. The predicted octanol–water partition coefficient (Wildman–Crippen LogP) is 8.74. The van der Waals surface area contributed by atoms with Gasteiger partial charge >= 0.3 is 19.5 Å². The normalized spacial score (nSPS) is 10.6. The van der Waals surface area contributed by atoms with Crippen molar-refractivity contribution < 1.29 is 19.5 Å². The summed E-state index contributed by atoms with van der Waals surface area (Å²) in [6.45, 7) is 17.7. The van der Waals surface area contributed by atoms with Crippen LogP contribution in [0.15, 0.2) is 85.5 Å². The van der Waals surface area contributed by atoms with Gasteiger partial charge in [0, 0.05) is 24.8 Å². The molecule has 0 saturated carbocycles. The van der Waals surface area contributed by atoms with Crippen LogP contribution in [0.3, 0.4) is 0 Å². The van der Waals surface area contributed by atoms with Crippen molar-refractivity contribution in [2.45, 2.75) is 77.6 Å². The molecule has 0 aromatic carbocycles. The van der Waals surface area contributed by atoms with Gasteiger partial charge in [0.05, 0.1) is 22.8 Å². The van der Waals surface area contributed by atoms with Crippen LogP contribution in [0.5, 0.6) is 0 Å². The molecule has 0 unspecified atom stereocenters. The zero-order valence-electron chi connectivity index (χ0n) is 28.0. The molecular weight excluding hydrogens is 785 g/mol. The van der Waals surface area contributed by atoms with E-state index in [2.05, 4.69) is 113 Å². The predicted molar refractivity (Wildman–Crippen MR) is 204 cm³/mol. The number of halogens is 2. The van der Waals surface area contributed by atoms with E-state index in [1.807, 2.05) is 60.9 Å². The Morgan fingerprint density at radius 2 is 0.809 bits per heavy atom. The van der Waals surface area contributed by atoms with E-state index in [4.69, 9.17) is 32.7 Å². The van der Waals surface area contributed by atoms with Gasteiger partial charge in [-0.05, 0) is 68.9 Å². The maximum atomic E-state index is 7.13. The largest absolute Gasteiger partial charge is 2.00 e. The Morgan fingerprint density at radius 1 is 0.532 bits per heavy atom. The van der Waals surface area contributed by atoms with Crippen molar-refractivity contribution in [3.8, 4) is 33.6 Å². The molecule has 0 spiro atoms. The molecule has 0 N–H and O–H groups in total. The molecule has 0 aliphatic rings. The quantitative estimate of drug-likeness (QED) is 0.0754. The minimum atomic E-state index is -2.01. The minimum Gasteiger partial charge on any atom is -0.696 e. The average Bonchev–Trinajstić information content (AvgIpc) is 3.05. The van der Waals surface area contributed by atoms with E-state index in [-0.39, 0.29) is 19.5 Å². The monoisotopic (exact) mass is 826 g/mol. The summed E-state index contributed by atoms with van der Waals surface area (Å²) in [6, 6.07) is 20.0. The van der Waals surface area contributed by atoms with Crippen LogP contribution in [0.25, 0.3) is 22.8 Å². The Bertz CT molecular complexity index is 1390. The number of rotatable bonds is 8. The fraction of sp³-hybridized carbons (Fsp3) is 0.353. The summed E-state index contributed by atoms with van der Waals surface area (Å²) in [7, 11) is -4.03. The van der Waals surface area contributed by atoms with Gasteiger partial charge in [-0.25, -0.2) is 10.5 Å². The van der Waals surface area contributed by atoms with Gasteiger partial charge in [0.1, 0.15) is 0 Å². The van der Waals surface area contributed by atoms with Crippen molar-refractivity contribution in [2.75, 3.05) is 0 Å². The van der Waals surface area contributed by atoms with Gasteiger partial charge in [-0.3, -0.25) is 19.9 Å². The summed E-state index contributed by atoms with van der Waals surface area (Å²) in [5.74, 6) is 0. The molecule has 0 aliphatic carbocycles. The van der Waals surface area contributed by atoms with E-state index >= 15 is 0 Å². The van der Waals surface area contributed by atoms with Crippen molar-refractivity contribution >= 4 is 72.6 Å². The van der Waals surface area contributed by atoms with Gasteiger partial charge in [0.25, 0.3) is 0 Å². The number of pyridine rings is 4. The maximum absolute atomic E-state index is 7.13. The topological polar surface area (TPSA) is 99.1 Å². The zero-order valence-corrected chi connectivity index (χ0v) is 34.9. The van der Waals surface area contributed by atoms with Crippen LogP contribution in [0.4, 0.5) is 0 Å². The van der Waals surface area contributed by atoms with Gasteiger partial charge < -0.3 is 25.3 Å². The van der Waals surface area contributed by atoms with Crippen molar-refractivity contribution in [2.24, 2.45) is 0 Å². The maximum Gasteiger partial charge on any atom is 2.00 e. The van der Waals surface area contributed by atoms with E-state index in [1.165, 1.54) is 21.2 Å². The van der Waals surface area contributed by atoms with E-state index in [9.17, 15) is 0 Å². The third kappa shape index (κ3) is 12.6. The first-order valence-electron chi connectivity index (χ1n) is 14.9. The van der Waals surface area contributed by atoms with Crippen molar-refractivity contribution in [3.05, 3.63) is 85.5 Å². The van der Waals surface area contributed by atoms with Crippen LogP contribution >= 0.6 is 22.2 Å². The van der Waals surface area contributed by atoms with Crippen LogP contribution in [0, 0.1) is 21.3 Å². The fourth-order valence-electron chi connectivity index (χ4n) is 5.24. The second kappa shape index (κ2) is 22.3. The number of hydrogen-bond acceptors (Lipinski definition) is 8. The first-order valence-corrected chi connectivity index (χ1v) is 22.1. The molecule has 0 amide bonds. The van der Waals surface area contributed by atoms with Crippen molar-refractivity contribution in [1.82, 2.24) is 19.9 Å². The van der Waals surface area contributed by atoms with Crippen molar-refractivity contribution in [1.29, 1.82) is 10.5 Å². The molecule has 4 heterocycles. The molecule has 4 aromatic rings. The molecule has 47 heavy (non-hydrogen) atoms. The van der Waals surface area contributed by atoms with Gasteiger partial charge in [-0.15, -0.1) is 0 Å². The Morgan fingerprint density at radius 3 is 1.00 bits per heavy atom. The molecule has 0 radical (unpaired) electrons. The number of thiocyanates is 2. The van der Waals surface area contributed by atoms with Crippen LogP contribution < -0.4 is 10.4 Å². The SMILES string of the molecule is CC(C)[Si](Cl)(c1ccc(-c2ccccn2)nc1)C(C)C.CC(C)[Si](Cl)(c1ccc(-c2ccccn2)nc1)C(C)C.N#C[S-].N#C[S-].[Ru+2].